The second-order valence-corrected chi connectivity index (χ2v) is 8.04. The maximum absolute atomic E-state index is 12.7. The van der Waals surface area contributed by atoms with E-state index in [1.54, 1.807) is 17.0 Å². The van der Waals surface area contributed by atoms with Gasteiger partial charge in [-0.3, -0.25) is 0 Å². The summed E-state index contributed by atoms with van der Waals surface area (Å²) in [5, 5.41) is 2.78. The van der Waals surface area contributed by atoms with Gasteiger partial charge >= 0.3 is 6.03 Å². The molecule has 0 aliphatic carbocycles. The highest BCUT2D eigenvalue weighted by molar-refractivity contribution is 7.89. The first-order chi connectivity index (χ1) is 12.0. The van der Waals surface area contributed by atoms with E-state index in [1.165, 1.54) is 16.4 Å². The lowest BCUT2D eigenvalue weighted by Crippen LogP contribution is -2.44. The number of hydrogen-bond acceptors (Lipinski definition) is 5. The largest absolute Gasteiger partial charge is 0.378 e. The van der Waals surface area contributed by atoms with E-state index in [1.807, 2.05) is 6.92 Å². The monoisotopic (exact) mass is 369 g/mol. The highest BCUT2D eigenvalue weighted by atomic mass is 32.2. The van der Waals surface area contributed by atoms with Gasteiger partial charge in [-0.2, -0.15) is 4.31 Å². The first-order valence-electron chi connectivity index (χ1n) is 8.32. The number of sulfonamides is 1. The molecule has 2 heterocycles. The van der Waals surface area contributed by atoms with Crippen LogP contribution < -0.4 is 5.32 Å². The van der Waals surface area contributed by atoms with Gasteiger partial charge in [-0.1, -0.05) is 0 Å². The zero-order valence-electron chi connectivity index (χ0n) is 14.2. The van der Waals surface area contributed by atoms with Crippen LogP contribution in [0.1, 0.15) is 6.92 Å². The molecule has 9 heteroatoms. The minimum Gasteiger partial charge on any atom is -0.378 e. The molecular weight excluding hydrogens is 346 g/mol. The molecule has 2 aliphatic rings. The summed E-state index contributed by atoms with van der Waals surface area (Å²) in [7, 11) is -3.55. The number of morpholine rings is 2. The van der Waals surface area contributed by atoms with Crippen molar-refractivity contribution >= 4 is 21.7 Å². The van der Waals surface area contributed by atoms with E-state index >= 15 is 0 Å². The van der Waals surface area contributed by atoms with Crippen LogP contribution in [-0.4, -0.2) is 75.8 Å². The zero-order chi connectivity index (χ0) is 17.9. The lowest BCUT2D eigenvalue weighted by atomic mass is 10.3. The van der Waals surface area contributed by atoms with Crippen LogP contribution >= 0.6 is 0 Å². The standard InChI is InChI=1S/C16H23N3O5S/c1-13-12-19(8-11-24-13)25(21,22)15-4-2-14(3-5-15)17-16(20)18-6-9-23-10-7-18/h2-5,13H,6-12H2,1H3,(H,17,20). The Morgan fingerprint density at radius 1 is 1.12 bits per heavy atom. The van der Waals surface area contributed by atoms with E-state index in [4.69, 9.17) is 9.47 Å². The van der Waals surface area contributed by atoms with Gasteiger partial charge in [0.05, 0.1) is 30.8 Å². The lowest BCUT2D eigenvalue weighted by molar-refractivity contribution is 0.0102. The Kier molecular flexibility index (Phi) is 5.57. The van der Waals surface area contributed by atoms with Gasteiger partial charge in [-0.25, -0.2) is 13.2 Å². The number of benzene rings is 1. The summed E-state index contributed by atoms with van der Waals surface area (Å²) in [5.74, 6) is 0. The molecule has 3 rings (SSSR count). The maximum Gasteiger partial charge on any atom is 0.321 e. The first kappa shape index (κ1) is 18.1. The van der Waals surface area contributed by atoms with E-state index in [9.17, 15) is 13.2 Å². The molecular formula is C16H23N3O5S. The molecule has 1 unspecified atom stereocenters. The van der Waals surface area contributed by atoms with Gasteiger partial charge in [0.25, 0.3) is 0 Å². The summed E-state index contributed by atoms with van der Waals surface area (Å²) < 4.78 is 37.4. The second-order valence-electron chi connectivity index (χ2n) is 6.10. The van der Waals surface area contributed by atoms with E-state index in [-0.39, 0.29) is 17.0 Å². The van der Waals surface area contributed by atoms with Gasteiger partial charge in [0.2, 0.25) is 10.0 Å². The zero-order valence-corrected chi connectivity index (χ0v) is 15.0. The quantitative estimate of drug-likeness (QED) is 0.857. The average molecular weight is 369 g/mol. The molecule has 0 spiro atoms. The first-order valence-corrected chi connectivity index (χ1v) is 9.76. The third-order valence-electron chi connectivity index (χ3n) is 4.25. The van der Waals surface area contributed by atoms with E-state index in [0.29, 0.717) is 51.7 Å². The van der Waals surface area contributed by atoms with E-state index in [0.717, 1.165) is 0 Å². The van der Waals surface area contributed by atoms with Gasteiger partial charge in [-0.05, 0) is 31.2 Å². The number of hydrogen-bond donors (Lipinski definition) is 1. The second kappa shape index (κ2) is 7.69. The smallest absolute Gasteiger partial charge is 0.321 e. The topological polar surface area (TPSA) is 88.2 Å². The number of nitrogens with zero attached hydrogens (tertiary/aromatic N) is 2. The molecule has 2 aliphatic heterocycles. The molecule has 0 saturated carbocycles. The fourth-order valence-electron chi connectivity index (χ4n) is 2.83. The normalized spacial score (nSPS) is 22.6. The van der Waals surface area contributed by atoms with Gasteiger partial charge in [0, 0.05) is 31.9 Å². The number of anilines is 1. The highest BCUT2D eigenvalue weighted by Gasteiger charge is 2.29. The molecule has 2 saturated heterocycles. The summed E-state index contributed by atoms with van der Waals surface area (Å²) in [5.41, 5.74) is 0.561. The van der Waals surface area contributed by atoms with Crippen molar-refractivity contribution in [2.45, 2.75) is 17.9 Å². The van der Waals surface area contributed by atoms with Crippen LogP contribution in [0, 0.1) is 0 Å². The molecule has 1 N–H and O–H groups in total. The van der Waals surface area contributed by atoms with Crippen molar-refractivity contribution < 1.29 is 22.7 Å². The van der Waals surface area contributed by atoms with Gasteiger partial charge in [0.1, 0.15) is 0 Å². The average Bonchev–Trinajstić information content (AvgIpc) is 2.63. The van der Waals surface area contributed by atoms with Crippen LogP contribution in [0.3, 0.4) is 0 Å². The maximum atomic E-state index is 12.7. The Balaban J connectivity index is 1.66. The highest BCUT2D eigenvalue weighted by Crippen LogP contribution is 2.21. The number of rotatable bonds is 3. The van der Waals surface area contributed by atoms with Crippen molar-refractivity contribution in [2.24, 2.45) is 0 Å². The molecule has 2 amide bonds. The van der Waals surface area contributed by atoms with Crippen LogP contribution in [0.5, 0.6) is 0 Å². The summed E-state index contributed by atoms with van der Waals surface area (Å²) in [6, 6.07) is 6.04. The Bertz CT molecular complexity index is 701. The van der Waals surface area contributed by atoms with Crippen molar-refractivity contribution in [3.63, 3.8) is 0 Å². The molecule has 0 aromatic heterocycles. The van der Waals surface area contributed by atoms with Crippen LogP contribution in [-0.2, 0) is 19.5 Å². The molecule has 2 fully saturated rings. The van der Waals surface area contributed by atoms with E-state index in [2.05, 4.69) is 5.32 Å². The fourth-order valence-corrected chi connectivity index (χ4v) is 4.33. The molecule has 25 heavy (non-hydrogen) atoms. The Hall–Kier alpha value is -1.68. The molecule has 1 aromatic rings. The summed E-state index contributed by atoms with van der Waals surface area (Å²) in [4.78, 5) is 14.0. The minimum absolute atomic E-state index is 0.115. The van der Waals surface area contributed by atoms with Crippen LogP contribution in [0.15, 0.2) is 29.2 Å². The third-order valence-corrected chi connectivity index (χ3v) is 6.12. The molecule has 138 valence electrons. The van der Waals surface area contributed by atoms with Crippen LogP contribution in [0.4, 0.5) is 10.5 Å². The number of carbonyl (C=O) groups excluding carboxylic acids is 1. The molecule has 8 nitrogen and oxygen atoms in total. The van der Waals surface area contributed by atoms with Gasteiger partial charge in [-0.15, -0.1) is 0 Å². The van der Waals surface area contributed by atoms with Crippen molar-refractivity contribution in [1.82, 2.24) is 9.21 Å². The Morgan fingerprint density at radius 2 is 1.80 bits per heavy atom. The summed E-state index contributed by atoms with van der Waals surface area (Å²) in [6.07, 6.45) is -0.115. The third kappa shape index (κ3) is 4.30. The number of amides is 2. The predicted molar refractivity (Wildman–Crippen MR) is 92.0 cm³/mol. The Labute approximate surface area is 147 Å². The van der Waals surface area contributed by atoms with Crippen molar-refractivity contribution in [2.75, 3.05) is 51.3 Å². The minimum atomic E-state index is -3.55. The summed E-state index contributed by atoms with van der Waals surface area (Å²) >= 11 is 0. The fraction of sp³-hybridized carbons (Fsp3) is 0.562. The van der Waals surface area contributed by atoms with Crippen LogP contribution in [0.25, 0.3) is 0 Å². The SMILES string of the molecule is CC1CN(S(=O)(=O)c2ccc(NC(=O)N3CCOCC3)cc2)CCO1. The molecule has 1 aromatic carbocycles. The lowest BCUT2D eigenvalue weighted by Gasteiger charge is -2.30. The predicted octanol–water partition coefficient (Wildman–Crippen LogP) is 0.960. The molecule has 0 bridgehead atoms. The van der Waals surface area contributed by atoms with Gasteiger partial charge < -0.3 is 19.7 Å². The van der Waals surface area contributed by atoms with Gasteiger partial charge in [0.15, 0.2) is 0 Å². The van der Waals surface area contributed by atoms with E-state index < -0.39 is 10.0 Å². The Morgan fingerprint density at radius 3 is 2.44 bits per heavy atom. The molecule has 0 radical (unpaired) electrons. The molecule has 1 atom stereocenters. The number of urea groups is 1. The number of ether oxygens (including phenoxy) is 2. The van der Waals surface area contributed by atoms with Crippen molar-refractivity contribution in [1.29, 1.82) is 0 Å². The number of carbonyl (C=O) groups is 1. The summed E-state index contributed by atoms with van der Waals surface area (Å²) in [6.45, 7) is 5.10. The van der Waals surface area contributed by atoms with Crippen molar-refractivity contribution in [3.05, 3.63) is 24.3 Å². The number of nitrogens with one attached hydrogen (secondary N) is 1. The van der Waals surface area contributed by atoms with Crippen LogP contribution in [0.2, 0.25) is 0 Å². The van der Waals surface area contributed by atoms with Crippen molar-refractivity contribution in [3.8, 4) is 0 Å².